The van der Waals surface area contributed by atoms with E-state index in [0.717, 1.165) is 17.2 Å². The number of rotatable bonds is 14. The Morgan fingerprint density at radius 2 is 1.59 bits per heavy atom. The van der Waals surface area contributed by atoms with Crippen molar-refractivity contribution in [2.24, 2.45) is 11.8 Å². The topological polar surface area (TPSA) is 168 Å². The van der Waals surface area contributed by atoms with Gasteiger partial charge in [0.05, 0.1) is 35.2 Å². The van der Waals surface area contributed by atoms with E-state index in [-0.39, 0.29) is 35.7 Å². The van der Waals surface area contributed by atoms with Crippen LogP contribution in [-0.2, 0) is 40.6 Å². The predicted octanol–water partition coefficient (Wildman–Crippen LogP) is 3.36. The maximum Gasteiger partial charge on any atom is 0.239 e. The fraction of sp³-hybridized carbons (Fsp3) is 0.500. The highest BCUT2D eigenvalue weighted by Crippen LogP contribution is 2.36. The Balaban J connectivity index is 1.60. The summed E-state index contributed by atoms with van der Waals surface area (Å²) in [4.78, 5) is 27.2. The molecule has 6 atom stereocenters. The molecule has 1 saturated carbocycles. The highest BCUT2D eigenvalue weighted by atomic mass is 32.2. The van der Waals surface area contributed by atoms with E-state index in [9.17, 15) is 31.5 Å². The van der Waals surface area contributed by atoms with Gasteiger partial charge in [0.25, 0.3) is 0 Å². The molecule has 1 fully saturated rings. The molecule has 13 heteroatoms. The summed E-state index contributed by atoms with van der Waals surface area (Å²) in [5.74, 6) is -2.52. The van der Waals surface area contributed by atoms with Gasteiger partial charge in [-0.2, -0.15) is 0 Å². The van der Waals surface area contributed by atoms with Crippen LogP contribution >= 0.6 is 0 Å². The second-order valence-electron chi connectivity index (χ2n) is 14.1. The van der Waals surface area contributed by atoms with Crippen molar-refractivity contribution in [3.05, 3.63) is 78.4 Å². The number of hydrogen-bond acceptors (Lipinski definition) is 8. The lowest BCUT2D eigenvalue weighted by atomic mass is 9.73. The molecule has 0 bridgehead atoms. The van der Waals surface area contributed by atoms with Crippen LogP contribution in [-0.4, -0.2) is 82.7 Å². The number of ether oxygens (including phenoxy) is 1. The molecule has 0 heterocycles. The van der Waals surface area contributed by atoms with E-state index in [2.05, 4.69) is 15.4 Å². The van der Waals surface area contributed by atoms with Crippen LogP contribution in [0.2, 0.25) is 0 Å². The van der Waals surface area contributed by atoms with Crippen molar-refractivity contribution in [3.63, 3.8) is 0 Å². The molecule has 11 nitrogen and oxygen atoms in total. The molecule has 0 spiro atoms. The second-order valence-corrected chi connectivity index (χ2v) is 17.9. The first-order valence-electron chi connectivity index (χ1n) is 16.5. The number of methoxy groups -OCH3 is 1. The number of aliphatic hydroxyl groups is 1. The second kappa shape index (κ2) is 16.1. The fourth-order valence-electron chi connectivity index (χ4n) is 6.48. The first-order chi connectivity index (χ1) is 22.9. The Labute approximate surface area is 290 Å². The van der Waals surface area contributed by atoms with Crippen LogP contribution in [0, 0.1) is 11.8 Å². The predicted molar refractivity (Wildman–Crippen MR) is 190 cm³/mol. The maximum absolute atomic E-state index is 13.9. The van der Waals surface area contributed by atoms with E-state index in [1.54, 1.807) is 25.3 Å². The van der Waals surface area contributed by atoms with Gasteiger partial charge in [-0.15, -0.1) is 0 Å². The SMILES string of the molecule is COC1CCC(CC(O)C(Cc2ccccc2)NC(=O)C(CS(=O)(=O)c2ccc3ccccc3c2)NS(C)(=O)=O)C(C(=O)NC(C)(C)C)C1. The Morgan fingerprint density at radius 1 is 0.939 bits per heavy atom. The molecule has 0 radical (unpaired) electrons. The van der Waals surface area contributed by atoms with Crippen LogP contribution in [0.4, 0.5) is 0 Å². The molecule has 4 rings (SSSR count). The summed E-state index contributed by atoms with van der Waals surface area (Å²) in [5, 5.41) is 19.1. The number of carbonyl (C=O) groups is 2. The summed E-state index contributed by atoms with van der Waals surface area (Å²) in [6, 6.07) is 18.4. The lowest BCUT2D eigenvalue weighted by Gasteiger charge is -2.38. The third kappa shape index (κ3) is 11.3. The zero-order chi connectivity index (χ0) is 36.0. The lowest BCUT2D eigenvalue weighted by molar-refractivity contribution is -0.132. The molecule has 49 heavy (non-hydrogen) atoms. The van der Waals surface area contributed by atoms with Gasteiger partial charge < -0.3 is 20.5 Å². The Kier molecular flexibility index (Phi) is 12.6. The molecule has 1 aliphatic rings. The van der Waals surface area contributed by atoms with Gasteiger partial charge in [0.1, 0.15) is 6.04 Å². The summed E-state index contributed by atoms with van der Waals surface area (Å²) in [7, 11) is -6.57. The highest BCUT2D eigenvalue weighted by molar-refractivity contribution is 7.91. The van der Waals surface area contributed by atoms with Crippen molar-refractivity contribution in [2.45, 2.75) is 87.6 Å². The molecule has 6 unspecified atom stereocenters. The first-order valence-corrected chi connectivity index (χ1v) is 20.0. The van der Waals surface area contributed by atoms with E-state index in [1.165, 1.54) is 12.1 Å². The molecule has 2 amide bonds. The van der Waals surface area contributed by atoms with E-state index in [0.29, 0.717) is 24.6 Å². The van der Waals surface area contributed by atoms with Gasteiger partial charge in [0, 0.05) is 18.6 Å². The zero-order valence-corrected chi connectivity index (χ0v) is 30.4. The Morgan fingerprint density at radius 3 is 2.22 bits per heavy atom. The van der Waals surface area contributed by atoms with E-state index < -0.39 is 61.2 Å². The molecule has 0 aliphatic heterocycles. The number of amides is 2. The van der Waals surface area contributed by atoms with Crippen molar-refractivity contribution in [1.82, 2.24) is 15.4 Å². The molecule has 0 aromatic heterocycles. The molecule has 0 saturated heterocycles. The summed E-state index contributed by atoms with van der Waals surface area (Å²) >= 11 is 0. The number of hydrogen-bond donors (Lipinski definition) is 4. The van der Waals surface area contributed by atoms with Crippen molar-refractivity contribution in [3.8, 4) is 0 Å². The van der Waals surface area contributed by atoms with Crippen LogP contribution in [0.15, 0.2) is 77.7 Å². The number of sulfonamides is 1. The quantitative estimate of drug-likeness (QED) is 0.197. The maximum atomic E-state index is 13.9. The summed E-state index contributed by atoms with van der Waals surface area (Å²) in [5.41, 5.74) is 0.340. The Hall–Kier alpha value is -3.36. The van der Waals surface area contributed by atoms with Crippen LogP contribution in [0.25, 0.3) is 10.8 Å². The van der Waals surface area contributed by atoms with Crippen LogP contribution in [0.3, 0.4) is 0 Å². The number of benzene rings is 3. The van der Waals surface area contributed by atoms with E-state index in [1.807, 2.05) is 63.2 Å². The molecule has 1 aliphatic carbocycles. The fourth-order valence-corrected chi connectivity index (χ4v) is 8.74. The van der Waals surface area contributed by atoms with Gasteiger partial charge in [-0.25, -0.2) is 21.6 Å². The minimum atomic E-state index is -4.15. The van der Waals surface area contributed by atoms with Gasteiger partial charge in [-0.1, -0.05) is 60.7 Å². The molecule has 268 valence electrons. The minimum Gasteiger partial charge on any atom is -0.391 e. The summed E-state index contributed by atoms with van der Waals surface area (Å²) in [6.07, 6.45) is 1.77. The van der Waals surface area contributed by atoms with Gasteiger partial charge in [0.2, 0.25) is 21.8 Å². The standard InChI is InChI=1S/C36H49N3O8S2/c1-36(2,3)38-34(41)30-22-28(47-4)17-15-27(30)21-33(40)31(19-24-11-7-6-8-12-24)37-35(42)32(39-48(5,43)44)23-49(45,46)29-18-16-25-13-9-10-14-26(25)20-29/h6-14,16,18,20,27-28,30-33,39-40H,15,17,19,21-23H2,1-5H3,(H,37,42)(H,38,41). The summed E-state index contributed by atoms with van der Waals surface area (Å²) in [6.45, 7) is 5.70. The average Bonchev–Trinajstić information content (AvgIpc) is 3.03. The number of aliphatic hydroxyl groups excluding tert-OH is 1. The molecule has 4 N–H and O–H groups in total. The minimum absolute atomic E-state index is 0.0496. The zero-order valence-electron chi connectivity index (χ0n) is 28.8. The monoisotopic (exact) mass is 715 g/mol. The average molecular weight is 716 g/mol. The molecular weight excluding hydrogens is 667 g/mol. The van der Waals surface area contributed by atoms with Crippen LogP contribution in [0.5, 0.6) is 0 Å². The van der Waals surface area contributed by atoms with Gasteiger partial charge in [-0.05, 0) is 87.3 Å². The summed E-state index contributed by atoms with van der Waals surface area (Å²) < 4.78 is 59.7. The lowest BCUT2D eigenvalue weighted by Crippen LogP contribution is -2.55. The smallest absolute Gasteiger partial charge is 0.239 e. The van der Waals surface area contributed by atoms with E-state index >= 15 is 0 Å². The number of fused-ring (bicyclic) bond motifs is 1. The van der Waals surface area contributed by atoms with Crippen molar-refractivity contribution in [1.29, 1.82) is 0 Å². The Bertz CT molecular complexity index is 1810. The molecule has 3 aromatic carbocycles. The largest absolute Gasteiger partial charge is 0.391 e. The third-order valence-electron chi connectivity index (χ3n) is 8.89. The van der Waals surface area contributed by atoms with Gasteiger partial charge in [-0.3, -0.25) is 9.59 Å². The van der Waals surface area contributed by atoms with Gasteiger partial charge in [0.15, 0.2) is 9.84 Å². The van der Waals surface area contributed by atoms with E-state index in [4.69, 9.17) is 4.74 Å². The normalized spacial score (nSPS) is 20.7. The number of nitrogens with one attached hydrogen (secondary N) is 3. The number of sulfone groups is 1. The van der Waals surface area contributed by atoms with Crippen molar-refractivity contribution < 1.29 is 36.3 Å². The van der Waals surface area contributed by atoms with Crippen molar-refractivity contribution in [2.75, 3.05) is 19.1 Å². The van der Waals surface area contributed by atoms with Gasteiger partial charge >= 0.3 is 0 Å². The van der Waals surface area contributed by atoms with Crippen molar-refractivity contribution >= 4 is 42.4 Å². The molecule has 3 aromatic rings. The number of carbonyl (C=O) groups excluding carboxylic acids is 2. The third-order valence-corrected chi connectivity index (χ3v) is 11.3. The first kappa shape index (κ1) is 38.4. The highest BCUT2D eigenvalue weighted by Gasteiger charge is 2.39. The van der Waals surface area contributed by atoms with Crippen LogP contribution in [0.1, 0.15) is 52.0 Å². The molecular formula is C36H49N3O8S2. The van der Waals surface area contributed by atoms with Crippen LogP contribution < -0.4 is 15.4 Å².